The van der Waals surface area contributed by atoms with Crippen molar-refractivity contribution in [3.63, 3.8) is 0 Å². The second-order valence-electron chi connectivity index (χ2n) is 6.77. The lowest BCUT2D eigenvalue weighted by Gasteiger charge is -2.39. The Bertz CT molecular complexity index is 763. The highest BCUT2D eigenvalue weighted by molar-refractivity contribution is 6.31. The maximum absolute atomic E-state index is 14.5. The minimum Gasteiger partial charge on any atom is -0.353 e. The number of hydrogen-bond donors (Lipinski definition) is 2. The van der Waals surface area contributed by atoms with Gasteiger partial charge >= 0.3 is 6.03 Å². The number of nitrogens with one attached hydrogen (secondary N) is 2. The molecule has 1 heterocycles. The van der Waals surface area contributed by atoms with Crippen molar-refractivity contribution in [2.75, 3.05) is 13.1 Å². The Morgan fingerprint density at radius 2 is 2.12 bits per heavy atom. The number of nitrogens with zero attached hydrogens (tertiary/aromatic N) is 1. The van der Waals surface area contributed by atoms with Crippen LogP contribution in [0, 0.1) is 17.6 Å². The Morgan fingerprint density at radius 1 is 1.42 bits per heavy atom. The van der Waals surface area contributed by atoms with Gasteiger partial charge in [0, 0.05) is 18.7 Å². The fourth-order valence-corrected chi connectivity index (χ4v) is 3.60. The van der Waals surface area contributed by atoms with Crippen molar-refractivity contribution in [2.24, 2.45) is 5.92 Å². The van der Waals surface area contributed by atoms with Crippen LogP contribution in [0.2, 0.25) is 5.02 Å². The number of piperazine rings is 1. The first kappa shape index (κ1) is 18.6. The van der Waals surface area contributed by atoms with Crippen LogP contribution in [-0.4, -0.2) is 36.0 Å². The van der Waals surface area contributed by atoms with Gasteiger partial charge in [-0.2, -0.15) is 0 Å². The zero-order valence-electron chi connectivity index (χ0n) is 14.3. The Labute approximate surface area is 155 Å². The van der Waals surface area contributed by atoms with Crippen molar-refractivity contribution >= 4 is 23.5 Å². The van der Waals surface area contributed by atoms with Crippen LogP contribution in [0.1, 0.15) is 31.4 Å². The largest absolute Gasteiger partial charge is 0.353 e. The van der Waals surface area contributed by atoms with Crippen LogP contribution in [0.4, 0.5) is 13.6 Å². The zero-order chi connectivity index (χ0) is 19.0. The van der Waals surface area contributed by atoms with E-state index < -0.39 is 34.8 Å². The number of carbonyl (C=O) groups is 2. The van der Waals surface area contributed by atoms with Crippen molar-refractivity contribution in [2.45, 2.75) is 31.8 Å². The lowest BCUT2D eigenvalue weighted by atomic mass is 9.74. The Balaban J connectivity index is 1.86. The minimum atomic E-state index is -0.876. The molecule has 1 saturated heterocycles. The van der Waals surface area contributed by atoms with E-state index in [2.05, 4.69) is 17.2 Å². The summed E-state index contributed by atoms with van der Waals surface area (Å²) in [4.78, 5) is 25.9. The molecule has 0 aromatic heterocycles. The summed E-state index contributed by atoms with van der Waals surface area (Å²) < 4.78 is 28.0. The smallest absolute Gasteiger partial charge is 0.318 e. The molecule has 0 spiro atoms. The molecule has 1 unspecified atom stereocenters. The van der Waals surface area contributed by atoms with Crippen molar-refractivity contribution in [1.82, 2.24) is 15.5 Å². The maximum Gasteiger partial charge on any atom is 0.318 e. The third-order valence-electron chi connectivity index (χ3n) is 5.01. The summed E-state index contributed by atoms with van der Waals surface area (Å²) in [5, 5.41) is 4.90. The normalized spacial score (nSPS) is 21.8. The van der Waals surface area contributed by atoms with Crippen LogP contribution in [0.5, 0.6) is 0 Å². The van der Waals surface area contributed by atoms with Gasteiger partial charge < -0.3 is 15.5 Å². The number of hydrogen-bond acceptors (Lipinski definition) is 2. The minimum absolute atomic E-state index is 0.0589. The number of halogens is 3. The van der Waals surface area contributed by atoms with Crippen LogP contribution in [-0.2, 0) is 4.79 Å². The second-order valence-corrected chi connectivity index (χ2v) is 7.15. The molecule has 1 aliphatic heterocycles. The molecular weight excluding hydrogens is 364 g/mol. The predicted molar refractivity (Wildman–Crippen MR) is 93.7 cm³/mol. The van der Waals surface area contributed by atoms with E-state index in [-0.39, 0.29) is 17.4 Å². The molecule has 5 nitrogen and oxygen atoms in total. The van der Waals surface area contributed by atoms with E-state index in [9.17, 15) is 18.4 Å². The van der Waals surface area contributed by atoms with E-state index in [1.54, 1.807) is 6.92 Å². The SMILES string of the molecule is C=C1CC(C(NC(=O)N2CCNC(=O)[C@H]2C)c2ccc(F)c(Cl)c2F)C1. The maximum atomic E-state index is 14.5. The van der Waals surface area contributed by atoms with Gasteiger partial charge in [-0.25, -0.2) is 13.6 Å². The molecule has 1 aromatic rings. The van der Waals surface area contributed by atoms with E-state index >= 15 is 0 Å². The number of urea groups is 1. The molecule has 0 bridgehead atoms. The number of benzene rings is 1. The van der Waals surface area contributed by atoms with Crippen LogP contribution in [0.15, 0.2) is 24.3 Å². The highest BCUT2D eigenvalue weighted by atomic mass is 35.5. The molecule has 1 aliphatic carbocycles. The van der Waals surface area contributed by atoms with Gasteiger partial charge in [0.15, 0.2) is 0 Å². The number of allylic oxidation sites excluding steroid dienone is 1. The summed E-state index contributed by atoms with van der Waals surface area (Å²) in [6.07, 6.45) is 1.27. The summed E-state index contributed by atoms with van der Waals surface area (Å²) in [7, 11) is 0. The topological polar surface area (TPSA) is 61.4 Å². The van der Waals surface area contributed by atoms with Crippen LogP contribution in [0.3, 0.4) is 0 Å². The molecule has 3 amide bonds. The molecule has 140 valence electrons. The second kappa shape index (κ2) is 7.23. The molecule has 3 rings (SSSR count). The van der Waals surface area contributed by atoms with Gasteiger partial charge in [-0.3, -0.25) is 4.79 Å². The first-order valence-electron chi connectivity index (χ1n) is 8.44. The molecular formula is C18H20ClF2N3O2. The van der Waals surface area contributed by atoms with Crippen molar-refractivity contribution in [3.05, 3.63) is 46.5 Å². The number of rotatable bonds is 3. The first-order valence-corrected chi connectivity index (χ1v) is 8.82. The highest BCUT2D eigenvalue weighted by Crippen LogP contribution is 2.42. The molecule has 0 radical (unpaired) electrons. The number of carbonyl (C=O) groups excluding carboxylic acids is 2. The molecule has 2 N–H and O–H groups in total. The summed E-state index contributed by atoms with van der Waals surface area (Å²) in [6, 6.07) is 0.625. The van der Waals surface area contributed by atoms with E-state index in [0.717, 1.165) is 11.6 Å². The molecule has 1 aromatic carbocycles. The average molecular weight is 384 g/mol. The molecule has 26 heavy (non-hydrogen) atoms. The monoisotopic (exact) mass is 383 g/mol. The third kappa shape index (κ3) is 3.40. The van der Waals surface area contributed by atoms with Crippen molar-refractivity contribution < 1.29 is 18.4 Å². The summed E-state index contributed by atoms with van der Waals surface area (Å²) in [5.41, 5.74) is 1.14. The van der Waals surface area contributed by atoms with Gasteiger partial charge in [-0.15, -0.1) is 0 Å². The van der Waals surface area contributed by atoms with E-state index in [4.69, 9.17) is 11.6 Å². The van der Waals surface area contributed by atoms with E-state index in [0.29, 0.717) is 25.9 Å². The van der Waals surface area contributed by atoms with Crippen molar-refractivity contribution in [1.29, 1.82) is 0 Å². The van der Waals surface area contributed by atoms with Gasteiger partial charge in [-0.05, 0) is 31.7 Å². The lowest BCUT2D eigenvalue weighted by molar-refractivity contribution is -0.126. The molecule has 8 heteroatoms. The van der Waals surface area contributed by atoms with Gasteiger partial charge in [0.25, 0.3) is 0 Å². The van der Waals surface area contributed by atoms with E-state index in [1.807, 2.05) is 0 Å². The Kier molecular flexibility index (Phi) is 5.18. The number of amides is 3. The summed E-state index contributed by atoms with van der Waals surface area (Å²) in [6.45, 7) is 6.22. The fraction of sp³-hybridized carbons (Fsp3) is 0.444. The van der Waals surface area contributed by atoms with Crippen LogP contribution < -0.4 is 10.6 Å². The van der Waals surface area contributed by atoms with Gasteiger partial charge in [0.05, 0.1) is 6.04 Å². The molecule has 1 saturated carbocycles. The average Bonchev–Trinajstić information content (AvgIpc) is 2.58. The quantitative estimate of drug-likeness (QED) is 0.622. The van der Waals surface area contributed by atoms with Crippen LogP contribution >= 0.6 is 11.6 Å². The predicted octanol–water partition coefficient (Wildman–Crippen LogP) is 3.16. The highest BCUT2D eigenvalue weighted by Gasteiger charge is 2.37. The third-order valence-corrected chi connectivity index (χ3v) is 5.36. The standard InChI is InChI=1S/C18H20ClF2N3O2/c1-9-7-11(8-9)16(12-3-4-13(20)14(19)15(12)21)23-18(26)24-6-5-22-17(25)10(24)2/h3-4,10-11,16H,1,5-8H2,2H3,(H,22,25)(H,23,26)/t10-,16?/m1/s1. The first-order chi connectivity index (χ1) is 12.3. The Hall–Kier alpha value is -2.15. The van der Waals surface area contributed by atoms with Gasteiger partial charge in [0.1, 0.15) is 22.7 Å². The fourth-order valence-electron chi connectivity index (χ4n) is 3.42. The van der Waals surface area contributed by atoms with Crippen LogP contribution in [0.25, 0.3) is 0 Å². The Morgan fingerprint density at radius 3 is 2.77 bits per heavy atom. The van der Waals surface area contributed by atoms with Gasteiger partial charge in [0.2, 0.25) is 5.91 Å². The molecule has 2 aliphatic rings. The van der Waals surface area contributed by atoms with Gasteiger partial charge in [-0.1, -0.05) is 29.8 Å². The molecule has 2 atom stereocenters. The summed E-state index contributed by atoms with van der Waals surface area (Å²) in [5.74, 6) is -2.02. The lowest BCUT2D eigenvalue weighted by Crippen LogP contribution is -2.59. The zero-order valence-corrected chi connectivity index (χ0v) is 15.1. The molecule has 2 fully saturated rings. The van der Waals surface area contributed by atoms with E-state index in [1.165, 1.54) is 11.0 Å². The summed E-state index contributed by atoms with van der Waals surface area (Å²) >= 11 is 5.71. The van der Waals surface area contributed by atoms with Crippen molar-refractivity contribution in [3.8, 4) is 0 Å².